The minimum Gasteiger partial charge on any atom is -0.508 e. The molecule has 0 saturated carbocycles. The first kappa shape index (κ1) is 11.7. The summed E-state index contributed by atoms with van der Waals surface area (Å²) < 4.78 is 0. The summed E-state index contributed by atoms with van der Waals surface area (Å²) in [7, 11) is 0. The van der Waals surface area contributed by atoms with Gasteiger partial charge in [-0.1, -0.05) is 37.5 Å². The first-order valence-electron chi connectivity index (χ1n) is 5.40. The lowest BCUT2D eigenvalue weighted by atomic mass is 9.99. The SMILES string of the molecule is CCC#CC(C)Cc1cc(C)ccc1O. The standard InChI is InChI=1S/C14H18O/c1-4-5-6-11(2)9-13-10-12(3)7-8-14(13)15/h7-8,10-11,15H,4,9H2,1-3H3. The molecule has 1 rings (SSSR count). The molecule has 0 aliphatic rings. The highest BCUT2D eigenvalue weighted by Crippen LogP contribution is 2.21. The summed E-state index contributed by atoms with van der Waals surface area (Å²) in [5.41, 5.74) is 2.17. The largest absolute Gasteiger partial charge is 0.508 e. The zero-order valence-corrected chi connectivity index (χ0v) is 9.67. The highest BCUT2D eigenvalue weighted by molar-refractivity contribution is 5.36. The Morgan fingerprint density at radius 2 is 2.13 bits per heavy atom. The van der Waals surface area contributed by atoms with Crippen LogP contribution in [-0.2, 0) is 6.42 Å². The third-order valence-corrected chi connectivity index (χ3v) is 2.29. The van der Waals surface area contributed by atoms with Gasteiger partial charge in [0.05, 0.1) is 0 Å². The van der Waals surface area contributed by atoms with Crippen LogP contribution >= 0.6 is 0 Å². The van der Waals surface area contributed by atoms with Gasteiger partial charge < -0.3 is 5.11 Å². The molecule has 1 atom stereocenters. The van der Waals surface area contributed by atoms with Gasteiger partial charge >= 0.3 is 0 Å². The number of rotatable bonds is 2. The maximum absolute atomic E-state index is 9.66. The lowest BCUT2D eigenvalue weighted by Gasteiger charge is -2.07. The van der Waals surface area contributed by atoms with E-state index in [4.69, 9.17) is 0 Å². The summed E-state index contributed by atoms with van der Waals surface area (Å²) >= 11 is 0. The molecule has 1 aromatic carbocycles. The topological polar surface area (TPSA) is 20.2 Å². The molecule has 0 bridgehead atoms. The molecule has 0 spiro atoms. The molecule has 0 aromatic heterocycles. The average Bonchev–Trinajstić information content (AvgIpc) is 2.20. The summed E-state index contributed by atoms with van der Waals surface area (Å²) in [5, 5.41) is 9.66. The molecule has 0 aliphatic carbocycles. The van der Waals surface area contributed by atoms with Crippen LogP contribution in [-0.4, -0.2) is 5.11 Å². The zero-order valence-electron chi connectivity index (χ0n) is 9.67. The van der Waals surface area contributed by atoms with Crippen LogP contribution in [0.5, 0.6) is 5.75 Å². The van der Waals surface area contributed by atoms with Crippen LogP contribution in [0.2, 0.25) is 0 Å². The summed E-state index contributed by atoms with van der Waals surface area (Å²) in [4.78, 5) is 0. The molecule has 0 amide bonds. The molecule has 1 heteroatoms. The van der Waals surface area contributed by atoms with E-state index in [0.717, 1.165) is 18.4 Å². The molecular formula is C14H18O. The van der Waals surface area contributed by atoms with Gasteiger partial charge in [0.15, 0.2) is 0 Å². The van der Waals surface area contributed by atoms with Gasteiger partial charge in [-0.05, 0) is 25.0 Å². The molecule has 1 N–H and O–H groups in total. The Kier molecular flexibility index (Phi) is 4.24. The molecule has 80 valence electrons. The average molecular weight is 202 g/mol. The fourth-order valence-corrected chi connectivity index (χ4v) is 1.53. The molecular weight excluding hydrogens is 184 g/mol. The van der Waals surface area contributed by atoms with Crippen molar-refractivity contribution < 1.29 is 5.11 Å². The molecule has 1 nitrogen and oxygen atoms in total. The van der Waals surface area contributed by atoms with Gasteiger partial charge in [-0.15, -0.1) is 5.92 Å². The fourth-order valence-electron chi connectivity index (χ4n) is 1.53. The monoisotopic (exact) mass is 202 g/mol. The Bertz CT molecular complexity index is 382. The molecule has 1 aromatic rings. The third-order valence-electron chi connectivity index (χ3n) is 2.29. The number of hydrogen-bond acceptors (Lipinski definition) is 1. The smallest absolute Gasteiger partial charge is 0.118 e. The van der Waals surface area contributed by atoms with Crippen molar-refractivity contribution in [1.29, 1.82) is 0 Å². The van der Waals surface area contributed by atoms with Gasteiger partial charge in [0.25, 0.3) is 0 Å². The van der Waals surface area contributed by atoms with E-state index in [1.54, 1.807) is 6.07 Å². The van der Waals surface area contributed by atoms with Crippen molar-refractivity contribution in [3.8, 4) is 17.6 Å². The summed E-state index contributed by atoms with van der Waals surface area (Å²) in [6.45, 7) is 6.17. The van der Waals surface area contributed by atoms with E-state index in [9.17, 15) is 5.11 Å². The molecule has 0 heterocycles. The van der Waals surface area contributed by atoms with Crippen LogP contribution in [0.3, 0.4) is 0 Å². The summed E-state index contributed by atoms with van der Waals surface area (Å²) in [6, 6.07) is 5.70. The van der Waals surface area contributed by atoms with Gasteiger partial charge in [-0.25, -0.2) is 0 Å². The van der Waals surface area contributed by atoms with E-state index in [1.165, 1.54) is 5.56 Å². The molecule has 0 aliphatic heterocycles. The van der Waals surface area contributed by atoms with Crippen molar-refractivity contribution in [2.75, 3.05) is 0 Å². The van der Waals surface area contributed by atoms with Crippen molar-refractivity contribution in [2.24, 2.45) is 5.92 Å². The minimum atomic E-state index is 0.303. The second-order valence-corrected chi connectivity index (χ2v) is 3.91. The Morgan fingerprint density at radius 1 is 1.40 bits per heavy atom. The second-order valence-electron chi connectivity index (χ2n) is 3.91. The number of aromatic hydroxyl groups is 1. The Hall–Kier alpha value is -1.42. The number of hydrogen-bond donors (Lipinski definition) is 1. The van der Waals surface area contributed by atoms with Crippen LogP contribution in [0, 0.1) is 24.7 Å². The fraction of sp³-hybridized carbons (Fsp3) is 0.429. The first-order chi connectivity index (χ1) is 7.13. The molecule has 1 unspecified atom stereocenters. The quantitative estimate of drug-likeness (QED) is 0.730. The minimum absolute atomic E-state index is 0.303. The van der Waals surface area contributed by atoms with Crippen molar-refractivity contribution in [1.82, 2.24) is 0 Å². The van der Waals surface area contributed by atoms with Gasteiger partial charge in [0.2, 0.25) is 0 Å². The predicted molar refractivity (Wildman–Crippen MR) is 63.8 cm³/mol. The highest BCUT2D eigenvalue weighted by Gasteiger charge is 2.05. The zero-order chi connectivity index (χ0) is 11.3. The van der Waals surface area contributed by atoms with Crippen LogP contribution in [0.15, 0.2) is 18.2 Å². The van der Waals surface area contributed by atoms with Crippen molar-refractivity contribution >= 4 is 0 Å². The van der Waals surface area contributed by atoms with Crippen molar-refractivity contribution in [3.63, 3.8) is 0 Å². The van der Waals surface area contributed by atoms with E-state index in [1.807, 2.05) is 26.0 Å². The number of phenolic OH excluding ortho intramolecular Hbond substituents is 1. The Morgan fingerprint density at radius 3 is 2.80 bits per heavy atom. The van der Waals surface area contributed by atoms with Crippen molar-refractivity contribution in [3.05, 3.63) is 29.3 Å². The van der Waals surface area contributed by atoms with E-state index in [-0.39, 0.29) is 0 Å². The van der Waals surface area contributed by atoms with E-state index in [2.05, 4.69) is 18.8 Å². The molecule has 0 fully saturated rings. The maximum atomic E-state index is 9.66. The third kappa shape index (κ3) is 3.67. The van der Waals surface area contributed by atoms with Crippen LogP contribution in [0.1, 0.15) is 31.4 Å². The lowest BCUT2D eigenvalue weighted by Crippen LogP contribution is -1.97. The Labute approximate surface area is 92.1 Å². The molecule has 15 heavy (non-hydrogen) atoms. The highest BCUT2D eigenvalue weighted by atomic mass is 16.3. The number of benzene rings is 1. The Balaban J connectivity index is 2.75. The first-order valence-corrected chi connectivity index (χ1v) is 5.40. The van der Waals surface area contributed by atoms with E-state index in [0.29, 0.717) is 11.7 Å². The summed E-state index contributed by atoms with van der Waals surface area (Å²) in [5.74, 6) is 6.92. The van der Waals surface area contributed by atoms with Crippen LogP contribution in [0.4, 0.5) is 0 Å². The van der Waals surface area contributed by atoms with E-state index >= 15 is 0 Å². The number of aryl methyl sites for hydroxylation is 1. The predicted octanol–water partition coefficient (Wildman–Crippen LogP) is 3.29. The maximum Gasteiger partial charge on any atom is 0.118 e. The lowest BCUT2D eigenvalue weighted by molar-refractivity contribution is 0.465. The normalized spacial score (nSPS) is 11.7. The summed E-state index contributed by atoms with van der Waals surface area (Å²) in [6.07, 6.45) is 1.71. The number of phenols is 1. The van der Waals surface area contributed by atoms with Crippen molar-refractivity contribution in [2.45, 2.75) is 33.6 Å². The molecule has 0 radical (unpaired) electrons. The van der Waals surface area contributed by atoms with E-state index < -0.39 is 0 Å². The molecule has 0 saturated heterocycles. The second kappa shape index (κ2) is 5.46. The van der Waals surface area contributed by atoms with Gasteiger partial charge in [0, 0.05) is 12.3 Å². The van der Waals surface area contributed by atoms with Crippen LogP contribution < -0.4 is 0 Å². The van der Waals surface area contributed by atoms with Gasteiger partial charge in [0.1, 0.15) is 5.75 Å². The van der Waals surface area contributed by atoms with Gasteiger partial charge in [-0.2, -0.15) is 0 Å². The van der Waals surface area contributed by atoms with Gasteiger partial charge in [-0.3, -0.25) is 0 Å². The van der Waals surface area contributed by atoms with Crippen LogP contribution in [0.25, 0.3) is 0 Å².